The van der Waals surface area contributed by atoms with Crippen LogP contribution in [0.2, 0.25) is 5.02 Å². The van der Waals surface area contributed by atoms with Crippen molar-refractivity contribution in [1.29, 1.82) is 0 Å². The number of aromatic nitrogens is 3. The largest absolute Gasteiger partial charge is 0.344 e. The van der Waals surface area contributed by atoms with Crippen LogP contribution in [0.25, 0.3) is 5.65 Å². The molecular formula is C19H23BrClN5O. The van der Waals surface area contributed by atoms with E-state index in [0.717, 1.165) is 10.0 Å². The topological polar surface area (TPSA) is 85.3 Å². The Kier molecular flexibility index (Phi) is 6.62. The molecule has 0 aliphatic heterocycles. The summed E-state index contributed by atoms with van der Waals surface area (Å²) >= 11 is 9.60. The predicted octanol–water partition coefficient (Wildman–Crippen LogP) is 3.92. The summed E-state index contributed by atoms with van der Waals surface area (Å²) in [6.45, 7) is 3.33. The van der Waals surface area contributed by atoms with Crippen LogP contribution in [0.5, 0.6) is 0 Å². The predicted molar refractivity (Wildman–Crippen MR) is 112 cm³/mol. The Labute approximate surface area is 172 Å². The van der Waals surface area contributed by atoms with E-state index in [1.807, 2.05) is 24.3 Å². The smallest absolute Gasteiger partial charge is 0.240 e. The highest BCUT2D eigenvalue weighted by molar-refractivity contribution is 9.10. The van der Waals surface area contributed by atoms with Crippen LogP contribution in [-0.2, 0) is 11.2 Å². The first kappa shape index (κ1) is 21.3. The van der Waals surface area contributed by atoms with Crippen molar-refractivity contribution in [2.24, 2.45) is 5.73 Å². The lowest BCUT2D eigenvalue weighted by atomic mass is 10.0. The number of fused-ring (bicyclic) bond motifs is 1. The second-order valence-electron chi connectivity index (χ2n) is 6.72. The number of benzene rings is 1. The quantitative estimate of drug-likeness (QED) is 0.614. The number of halogens is 2. The van der Waals surface area contributed by atoms with E-state index >= 15 is 0 Å². The summed E-state index contributed by atoms with van der Waals surface area (Å²) in [7, 11) is 0. The zero-order chi connectivity index (χ0) is 18.9. The molecule has 3 N–H and O–H groups in total. The second-order valence-corrected chi connectivity index (χ2v) is 8.07. The van der Waals surface area contributed by atoms with Gasteiger partial charge in [0.1, 0.15) is 0 Å². The third-order valence-corrected chi connectivity index (χ3v) is 4.64. The van der Waals surface area contributed by atoms with Gasteiger partial charge in [-0.15, -0.1) is 10.2 Å². The molecule has 1 amide bonds. The van der Waals surface area contributed by atoms with Crippen molar-refractivity contribution in [2.75, 3.05) is 0 Å². The molecule has 0 aliphatic carbocycles. The SMILES string of the molecule is C.CC(C)(N)C(=O)N[C@H](Cc1cccc(Br)c1)c1nnc2ccc(Cl)cn12. The number of pyridine rings is 1. The van der Waals surface area contributed by atoms with Gasteiger partial charge < -0.3 is 11.1 Å². The fourth-order valence-electron chi connectivity index (χ4n) is 2.57. The minimum absolute atomic E-state index is 0. The Bertz CT molecular complexity index is 951. The summed E-state index contributed by atoms with van der Waals surface area (Å²) in [4.78, 5) is 12.5. The molecule has 0 radical (unpaired) electrons. The van der Waals surface area contributed by atoms with E-state index in [4.69, 9.17) is 17.3 Å². The first-order chi connectivity index (χ1) is 12.2. The van der Waals surface area contributed by atoms with E-state index in [9.17, 15) is 4.79 Å². The van der Waals surface area contributed by atoms with Gasteiger partial charge in [0.2, 0.25) is 5.91 Å². The lowest BCUT2D eigenvalue weighted by molar-refractivity contribution is -0.126. The molecular weight excluding hydrogens is 430 g/mol. The molecule has 2 aromatic heterocycles. The molecule has 8 heteroatoms. The Morgan fingerprint density at radius 3 is 2.74 bits per heavy atom. The maximum absolute atomic E-state index is 12.5. The maximum atomic E-state index is 12.5. The number of hydrogen-bond donors (Lipinski definition) is 2. The molecule has 3 rings (SSSR count). The molecule has 144 valence electrons. The number of nitrogens with two attached hydrogens (primary N) is 1. The van der Waals surface area contributed by atoms with Crippen molar-refractivity contribution >= 4 is 39.1 Å². The van der Waals surface area contributed by atoms with Crippen LogP contribution in [0.3, 0.4) is 0 Å². The van der Waals surface area contributed by atoms with E-state index in [-0.39, 0.29) is 13.3 Å². The molecule has 0 spiro atoms. The molecule has 0 saturated heterocycles. The molecule has 1 atom stereocenters. The lowest BCUT2D eigenvalue weighted by Crippen LogP contribution is -2.50. The summed E-state index contributed by atoms with van der Waals surface area (Å²) in [5.74, 6) is 0.330. The van der Waals surface area contributed by atoms with Gasteiger partial charge in [0.05, 0.1) is 16.6 Å². The number of hydrogen-bond acceptors (Lipinski definition) is 4. The van der Waals surface area contributed by atoms with Gasteiger partial charge in [0, 0.05) is 17.1 Å². The highest BCUT2D eigenvalue weighted by atomic mass is 79.9. The number of amides is 1. The summed E-state index contributed by atoms with van der Waals surface area (Å²) in [5.41, 5.74) is 6.64. The van der Waals surface area contributed by atoms with Crippen LogP contribution in [0.1, 0.15) is 38.7 Å². The standard InChI is InChI=1S/C18H19BrClN5O.CH4/c1-18(2,21)17(26)22-14(9-11-4-3-5-12(19)8-11)16-24-23-15-7-6-13(20)10-25(15)16;/h3-8,10,14H,9,21H2,1-2H3,(H,22,26);1H4/t14-;/m1./s1. The van der Waals surface area contributed by atoms with Crippen LogP contribution in [0, 0.1) is 0 Å². The molecule has 6 nitrogen and oxygen atoms in total. The van der Waals surface area contributed by atoms with Crippen molar-refractivity contribution < 1.29 is 4.79 Å². The van der Waals surface area contributed by atoms with E-state index in [2.05, 4.69) is 31.4 Å². The van der Waals surface area contributed by atoms with Crippen LogP contribution in [0.15, 0.2) is 47.1 Å². The van der Waals surface area contributed by atoms with Crippen molar-refractivity contribution in [3.05, 3.63) is 63.5 Å². The van der Waals surface area contributed by atoms with Gasteiger partial charge in [-0.2, -0.15) is 0 Å². The number of nitrogens with zero attached hydrogens (tertiary/aromatic N) is 3. The van der Waals surface area contributed by atoms with Gasteiger partial charge in [-0.1, -0.05) is 47.1 Å². The summed E-state index contributed by atoms with van der Waals surface area (Å²) in [6, 6.07) is 11.0. The molecule has 1 aromatic carbocycles. The third-order valence-electron chi connectivity index (χ3n) is 3.92. The van der Waals surface area contributed by atoms with E-state index in [0.29, 0.717) is 22.9 Å². The van der Waals surface area contributed by atoms with E-state index in [1.54, 1.807) is 36.6 Å². The Hall–Kier alpha value is -1.96. The second kappa shape index (κ2) is 8.37. The molecule has 0 fully saturated rings. The monoisotopic (exact) mass is 451 g/mol. The molecule has 0 saturated carbocycles. The molecule has 27 heavy (non-hydrogen) atoms. The van der Waals surface area contributed by atoms with E-state index < -0.39 is 11.6 Å². The summed E-state index contributed by atoms with van der Waals surface area (Å²) < 4.78 is 2.75. The highest BCUT2D eigenvalue weighted by Gasteiger charge is 2.28. The molecule has 0 aliphatic rings. The van der Waals surface area contributed by atoms with Crippen LogP contribution >= 0.6 is 27.5 Å². The summed E-state index contributed by atoms with van der Waals surface area (Å²) in [6.07, 6.45) is 2.27. The Morgan fingerprint density at radius 1 is 1.33 bits per heavy atom. The van der Waals surface area contributed by atoms with Gasteiger partial charge in [-0.3, -0.25) is 9.20 Å². The summed E-state index contributed by atoms with van der Waals surface area (Å²) in [5, 5.41) is 12.0. The number of carbonyl (C=O) groups is 1. The maximum Gasteiger partial charge on any atom is 0.240 e. The number of carbonyl (C=O) groups excluding carboxylic acids is 1. The van der Waals surface area contributed by atoms with E-state index in [1.165, 1.54) is 0 Å². The van der Waals surface area contributed by atoms with Gasteiger partial charge in [-0.05, 0) is 43.7 Å². The fourth-order valence-corrected chi connectivity index (χ4v) is 3.18. The Balaban J connectivity index is 0.00000261. The molecule has 0 bridgehead atoms. The van der Waals surface area contributed by atoms with Crippen LogP contribution in [0.4, 0.5) is 0 Å². The minimum atomic E-state index is -1.01. The highest BCUT2D eigenvalue weighted by Crippen LogP contribution is 2.22. The average molecular weight is 453 g/mol. The van der Waals surface area contributed by atoms with Gasteiger partial charge in [-0.25, -0.2) is 0 Å². The minimum Gasteiger partial charge on any atom is -0.344 e. The first-order valence-electron chi connectivity index (χ1n) is 8.08. The number of rotatable bonds is 5. The lowest BCUT2D eigenvalue weighted by Gasteiger charge is -2.23. The fraction of sp³-hybridized carbons (Fsp3) is 0.316. The van der Waals surface area contributed by atoms with Crippen molar-refractivity contribution in [1.82, 2.24) is 19.9 Å². The number of nitrogens with one attached hydrogen (secondary N) is 1. The molecule has 2 heterocycles. The Morgan fingerprint density at radius 2 is 2.07 bits per heavy atom. The zero-order valence-corrected chi connectivity index (χ0v) is 16.8. The van der Waals surface area contributed by atoms with Gasteiger partial charge >= 0.3 is 0 Å². The van der Waals surface area contributed by atoms with Crippen LogP contribution in [-0.4, -0.2) is 26.0 Å². The molecule has 3 aromatic rings. The van der Waals surface area contributed by atoms with Crippen molar-refractivity contribution in [2.45, 2.75) is 39.3 Å². The first-order valence-corrected chi connectivity index (χ1v) is 9.25. The van der Waals surface area contributed by atoms with Crippen molar-refractivity contribution in [3.63, 3.8) is 0 Å². The average Bonchev–Trinajstić information content (AvgIpc) is 2.96. The van der Waals surface area contributed by atoms with Crippen molar-refractivity contribution in [3.8, 4) is 0 Å². The molecule has 0 unspecified atom stereocenters. The van der Waals surface area contributed by atoms with Crippen LogP contribution < -0.4 is 11.1 Å². The third kappa shape index (κ3) is 5.06. The zero-order valence-electron chi connectivity index (χ0n) is 14.4. The normalized spacial score (nSPS) is 12.5. The van der Waals surface area contributed by atoms with Gasteiger partial charge in [0.15, 0.2) is 11.5 Å². The van der Waals surface area contributed by atoms with Gasteiger partial charge in [0.25, 0.3) is 0 Å².